The van der Waals surface area contributed by atoms with E-state index < -0.39 is 6.09 Å². The molecule has 0 N–H and O–H groups in total. The van der Waals surface area contributed by atoms with Gasteiger partial charge in [-0.3, -0.25) is 14.5 Å². The molecule has 3 amide bonds. The maximum absolute atomic E-state index is 12.3. The summed E-state index contributed by atoms with van der Waals surface area (Å²) in [7, 11) is 1.55. The van der Waals surface area contributed by atoms with Gasteiger partial charge in [0.2, 0.25) is 17.7 Å². The van der Waals surface area contributed by atoms with Crippen LogP contribution < -0.4 is 14.5 Å². The zero-order valence-corrected chi connectivity index (χ0v) is 16.6. The van der Waals surface area contributed by atoms with E-state index in [1.807, 2.05) is 13.8 Å². The van der Waals surface area contributed by atoms with Crippen molar-refractivity contribution in [3.63, 3.8) is 0 Å². The van der Waals surface area contributed by atoms with E-state index in [1.165, 1.54) is 23.2 Å². The molecule has 0 radical (unpaired) electrons. The molecule has 28 heavy (non-hydrogen) atoms. The molecular formula is C20H20ClN3O4. The number of amides is 3. The fourth-order valence-electron chi connectivity index (χ4n) is 2.98. The fourth-order valence-corrected chi connectivity index (χ4v) is 3.16. The van der Waals surface area contributed by atoms with Gasteiger partial charge in [0.05, 0.1) is 11.9 Å². The molecule has 2 heterocycles. The zero-order chi connectivity index (χ0) is 20.5. The highest BCUT2D eigenvalue weighted by Crippen LogP contribution is 2.34. The Labute approximate surface area is 167 Å². The van der Waals surface area contributed by atoms with Crippen LogP contribution in [0.15, 0.2) is 42.6 Å². The molecule has 0 spiro atoms. The van der Waals surface area contributed by atoms with Crippen LogP contribution in [-0.2, 0) is 9.59 Å². The average molecular weight is 402 g/mol. The predicted octanol–water partition coefficient (Wildman–Crippen LogP) is 4.05. The van der Waals surface area contributed by atoms with Crippen molar-refractivity contribution in [1.29, 1.82) is 0 Å². The molecule has 7 nitrogen and oxygen atoms in total. The third-order valence-electron chi connectivity index (χ3n) is 4.40. The first-order valence-electron chi connectivity index (χ1n) is 8.69. The number of hydrogen-bond donors (Lipinski definition) is 0. The van der Waals surface area contributed by atoms with Crippen LogP contribution in [0.1, 0.15) is 26.7 Å². The van der Waals surface area contributed by atoms with Gasteiger partial charge < -0.3 is 4.74 Å². The van der Waals surface area contributed by atoms with Crippen LogP contribution in [0, 0.1) is 5.41 Å². The lowest BCUT2D eigenvalue weighted by molar-refractivity contribution is -0.132. The first-order chi connectivity index (χ1) is 13.2. The molecule has 1 aliphatic heterocycles. The third-order valence-corrected chi connectivity index (χ3v) is 4.63. The van der Waals surface area contributed by atoms with Crippen molar-refractivity contribution < 1.29 is 19.1 Å². The molecule has 1 fully saturated rings. The van der Waals surface area contributed by atoms with Gasteiger partial charge in [-0.15, -0.1) is 0 Å². The number of hydrogen-bond acceptors (Lipinski definition) is 5. The number of benzene rings is 1. The smallest absolute Gasteiger partial charge is 0.391 e. The highest BCUT2D eigenvalue weighted by atomic mass is 35.5. The summed E-state index contributed by atoms with van der Waals surface area (Å²) in [6, 6.07) is 9.76. The van der Waals surface area contributed by atoms with Crippen molar-refractivity contribution in [2.45, 2.75) is 26.7 Å². The second-order valence-corrected chi connectivity index (χ2v) is 7.84. The number of imide groups is 1. The van der Waals surface area contributed by atoms with Crippen molar-refractivity contribution >= 4 is 40.9 Å². The Kier molecular flexibility index (Phi) is 5.38. The molecule has 0 saturated carbocycles. The Hall–Kier alpha value is -2.93. The Morgan fingerprint density at radius 2 is 1.86 bits per heavy atom. The molecular weight excluding hydrogens is 382 g/mol. The summed E-state index contributed by atoms with van der Waals surface area (Å²) < 4.78 is 5.24. The molecule has 146 valence electrons. The minimum Gasteiger partial charge on any atom is -0.391 e. The lowest BCUT2D eigenvalue weighted by Crippen LogP contribution is -2.46. The molecule has 1 saturated heterocycles. The van der Waals surface area contributed by atoms with Gasteiger partial charge in [-0.05, 0) is 29.7 Å². The van der Waals surface area contributed by atoms with Crippen molar-refractivity contribution in [2.75, 3.05) is 16.8 Å². The van der Waals surface area contributed by atoms with Crippen LogP contribution in [0.4, 0.5) is 16.2 Å². The van der Waals surface area contributed by atoms with Crippen LogP contribution in [0.25, 0.3) is 0 Å². The van der Waals surface area contributed by atoms with E-state index in [4.69, 9.17) is 16.3 Å². The second-order valence-electron chi connectivity index (χ2n) is 7.40. The van der Waals surface area contributed by atoms with E-state index >= 15 is 0 Å². The minimum absolute atomic E-state index is 0.0554. The van der Waals surface area contributed by atoms with Crippen LogP contribution in [0.3, 0.4) is 0 Å². The zero-order valence-electron chi connectivity index (χ0n) is 15.8. The summed E-state index contributed by atoms with van der Waals surface area (Å²) >= 11 is 5.94. The number of carbonyl (C=O) groups excluding carboxylic acids is 3. The molecule has 8 heteroatoms. The van der Waals surface area contributed by atoms with Gasteiger partial charge in [-0.1, -0.05) is 31.5 Å². The molecule has 1 aliphatic rings. The first-order valence-corrected chi connectivity index (χ1v) is 9.07. The number of piperidine rings is 1. The average Bonchev–Trinajstić information content (AvgIpc) is 2.60. The number of aromatic nitrogens is 1. The van der Waals surface area contributed by atoms with E-state index in [-0.39, 0.29) is 36.0 Å². The molecule has 1 aromatic heterocycles. The first kappa shape index (κ1) is 19.8. The van der Waals surface area contributed by atoms with E-state index in [0.29, 0.717) is 16.4 Å². The number of anilines is 2. The lowest BCUT2D eigenvalue weighted by Gasteiger charge is -2.34. The number of carbonyl (C=O) groups is 3. The molecule has 3 rings (SSSR count). The highest BCUT2D eigenvalue weighted by Gasteiger charge is 2.38. The number of nitrogens with zero attached hydrogens (tertiary/aromatic N) is 3. The Morgan fingerprint density at radius 3 is 2.43 bits per heavy atom. The second kappa shape index (κ2) is 7.59. The standard InChI is InChI=1S/C20H20ClN3O4/c1-20(2)10-17(25)24(18(26)11-20)15-7-8-16(22-12-15)28-19(27)23(3)14-6-4-5-13(21)9-14/h4-9,12H,10-11H2,1-3H3. The van der Waals surface area contributed by atoms with Gasteiger partial charge in [-0.2, -0.15) is 0 Å². The van der Waals surface area contributed by atoms with Crippen molar-refractivity contribution in [3.05, 3.63) is 47.6 Å². The fraction of sp³-hybridized carbons (Fsp3) is 0.300. The third kappa shape index (κ3) is 4.31. The monoisotopic (exact) mass is 401 g/mol. The van der Waals surface area contributed by atoms with Crippen LogP contribution in [0.2, 0.25) is 5.02 Å². The molecule has 1 aromatic carbocycles. The van der Waals surface area contributed by atoms with Crippen molar-refractivity contribution in [2.24, 2.45) is 5.41 Å². The van der Waals surface area contributed by atoms with E-state index in [2.05, 4.69) is 4.98 Å². The van der Waals surface area contributed by atoms with E-state index in [9.17, 15) is 14.4 Å². The highest BCUT2D eigenvalue weighted by molar-refractivity contribution is 6.30. The Bertz CT molecular complexity index is 907. The summed E-state index contributed by atoms with van der Waals surface area (Å²) in [5, 5.41) is 0.499. The SMILES string of the molecule is CN(C(=O)Oc1ccc(N2C(=O)CC(C)(C)CC2=O)cn1)c1cccc(Cl)c1. The molecule has 0 bridgehead atoms. The van der Waals surface area contributed by atoms with Crippen molar-refractivity contribution in [3.8, 4) is 5.88 Å². The normalized spacial score (nSPS) is 16.1. The molecule has 0 atom stereocenters. The maximum atomic E-state index is 12.3. The van der Waals surface area contributed by atoms with Gasteiger partial charge in [-0.25, -0.2) is 14.7 Å². The maximum Gasteiger partial charge on any atom is 0.420 e. The van der Waals surface area contributed by atoms with Gasteiger partial charge in [0.25, 0.3) is 0 Å². The van der Waals surface area contributed by atoms with Crippen LogP contribution in [0.5, 0.6) is 5.88 Å². The number of pyridine rings is 1. The van der Waals surface area contributed by atoms with Crippen LogP contribution in [-0.4, -0.2) is 29.9 Å². The van der Waals surface area contributed by atoms with E-state index in [0.717, 1.165) is 4.90 Å². The Morgan fingerprint density at radius 1 is 1.18 bits per heavy atom. The number of halogens is 1. The summed E-state index contributed by atoms with van der Waals surface area (Å²) in [6.45, 7) is 3.77. The molecule has 0 unspecified atom stereocenters. The van der Waals surface area contributed by atoms with Gasteiger partial charge in [0.1, 0.15) is 0 Å². The topological polar surface area (TPSA) is 79.8 Å². The summed E-state index contributed by atoms with van der Waals surface area (Å²) in [6.07, 6.45) is 1.25. The van der Waals surface area contributed by atoms with Gasteiger partial charge in [0, 0.05) is 36.7 Å². The number of rotatable bonds is 3. The lowest BCUT2D eigenvalue weighted by atomic mass is 9.81. The quantitative estimate of drug-likeness (QED) is 0.725. The van der Waals surface area contributed by atoms with Crippen molar-refractivity contribution in [1.82, 2.24) is 4.98 Å². The predicted molar refractivity (Wildman–Crippen MR) is 106 cm³/mol. The molecule has 2 aromatic rings. The molecule has 0 aliphatic carbocycles. The van der Waals surface area contributed by atoms with Gasteiger partial charge >= 0.3 is 6.09 Å². The van der Waals surface area contributed by atoms with Crippen LogP contribution >= 0.6 is 11.6 Å². The van der Waals surface area contributed by atoms with E-state index in [1.54, 1.807) is 31.3 Å². The Balaban J connectivity index is 1.70. The van der Waals surface area contributed by atoms with Gasteiger partial charge in [0.15, 0.2) is 0 Å². The number of ether oxygens (including phenoxy) is 1. The largest absolute Gasteiger partial charge is 0.420 e. The minimum atomic E-state index is -0.644. The summed E-state index contributed by atoms with van der Waals surface area (Å²) in [5.74, 6) is -0.484. The summed E-state index contributed by atoms with van der Waals surface area (Å²) in [4.78, 5) is 43.4. The summed E-state index contributed by atoms with van der Waals surface area (Å²) in [5.41, 5.74) is 0.577.